The van der Waals surface area contributed by atoms with Crippen LogP contribution in [0.15, 0.2) is 42.5 Å². The molecule has 0 saturated carbocycles. The third-order valence-electron chi connectivity index (χ3n) is 4.61. The summed E-state index contributed by atoms with van der Waals surface area (Å²) in [6.07, 6.45) is 1.47. The fourth-order valence-corrected chi connectivity index (χ4v) is 3.25. The minimum absolute atomic E-state index is 0.124. The van der Waals surface area contributed by atoms with Crippen LogP contribution in [0.5, 0.6) is 0 Å². The van der Waals surface area contributed by atoms with Crippen LogP contribution in [0.2, 0.25) is 5.02 Å². The first-order valence-electron chi connectivity index (χ1n) is 8.56. The van der Waals surface area contributed by atoms with E-state index in [9.17, 15) is 14.0 Å². The lowest BCUT2D eigenvalue weighted by Gasteiger charge is -2.32. The molecule has 0 spiro atoms. The van der Waals surface area contributed by atoms with E-state index in [-0.39, 0.29) is 23.5 Å². The van der Waals surface area contributed by atoms with Crippen LogP contribution in [0, 0.1) is 18.7 Å². The summed E-state index contributed by atoms with van der Waals surface area (Å²) in [7, 11) is 0. The molecular weight excluding hydrogens is 355 g/mol. The second kappa shape index (κ2) is 7.87. The van der Waals surface area contributed by atoms with E-state index in [1.165, 1.54) is 24.3 Å². The number of aryl methyl sites for hydroxylation is 1. The second-order valence-electron chi connectivity index (χ2n) is 6.55. The number of nitrogens with one attached hydrogen (secondary N) is 1. The highest BCUT2D eigenvalue weighted by molar-refractivity contribution is 6.31. The molecule has 1 atom stereocenters. The van der Waals surface area contributed by atoms with Crippen molar-refractivity contribution in [3.63, 3.8) is 0 Å². The number of hydrogen-bond acceptors (Lipinski definition) is 2. The molecule has 0 radical (unpaired) electrons. The number of likely N-dealkylation sites (tertiary alicyclic amines) is 1. The maximum atomic E-state index is 13.0. The molecule has 136 valence electrons. The first-order chi connectivity index (χ1) is 12.4. The molecule has 1 aliphatic heterocycles. The number of carbonyl (C=O) groups is 2. The van der Waals surface area contributed by atoms with Crippen LogP contribution >= 0.6 is 11.6 Å². The van der Waals surface area contributed by atoms with Crippen molar-refractivity contribution in [2.75, 3.05) is 18.4 Å². The van der Waals surface area contributed by atoms with Crippen molar-refractivity contribution >= 4 is 29.1 Å². The number of carbonyl (C=O) groups excluding carboxylic acids is 2. The van der Waals surface area contributed by atoms with E-state index < -0.39 is 0 Å². The molecule has 2 amide bonds. The Balaban J connectivity index is 1.65. The van der Waals surface area contributed by atoms with Gasteiger partial charge in [-0.1, -0.05) is 17.7 Å². The van der Waals surface area contributed by atoms with Gasteiger partial charge in [0.2, 0.25) is 5.91 Å². The van der Waals surface area contributed by atoms with Crippen molar-refractivity contribution in [2.24, 2.45) is 5.92 Å². The van der Waals surface area contributed by atoms with Gasteiger partial charge in [0.1, 0.15) is 5.82 Å². The van der Waals surface area contributed by atoms with Crippen LogP contribution in [-0.4, -0.2) is 29.8 Å². The predicted molar refractivity (Wildman–Crippen MR) is 99.8 cm³/mol. The summed E-state index contributed by atoms with van der Waals surface area (Å²) >= 11 is 6.10. The summed E-state index contributed by atoms with van der Waals surface area (Å²) in [6, 6.07) is 10.8. The Hall–Kier alpha value is -2.40. The van der Waals surface area contributed by atoms with Gasteiger partial charge in [-0.05, 0) is 61.7 Å². The molecule has 0 aromatic heterocycles. The van der Waals surface area contributed by atoms with Crippen LogP contribution in [-0.2, 0) is 4.79 Å². The minimum Gasteiger partial charge on any atom is -0.338 e. The number of benzene rings is 2. The van der Waals surface area contributed by atoms with Gasteiger partial charge in [0, 0.05) is 29.4 Å². The van der Waals surface area contributed by atoms with Gasteiger partial charge in [-0.15, -0.1) is 0 Å². The van der Waals surface area contributed by atoms with Gasteiger partial charge in [0.25, 0.3) is 5.91 Å². The third kappa shape index (κ3) is 4.22. The van der Waals surface area contributed by atoms with Crippen LogP contribution in [0.25, 0.3) is 0 Å². The lowest BCUT2D eigenvalue weighted by molar-refractivity contribution is -0.121. The molecule has 3 rings (SSSR count). The molecule has 1 fully saturated rings. The van der Waals surface area contributed by atoms with Crippen LogP contribution < -0.4 is 5.32 Å². The lowest BCUT2D eigenvalue weighted by atomic mass is 9.96. The first-order valence-corrected chi connectivity index (χ1v) is 8.93. The van der Waals surface area contributed by atoms with Crippen LogP contribution in [0.1, 0.15) is 28.8 Å². The quantitative estimate of drug-likeness (QED) is 0.871. The Morgan fingerprint density at radius 2 is 1.92 bits per heavy atom. The number of nitrogens with zero attached hydrogens (tertiary/aromatic N) is 1. The number of piperidine rings is 1. The zero-order valence-corrected chi connectivity index (χ0v) is 15.2. The molecule has 1 N–H and O–H groups in total. The van der Waals surface area contributed by atoms with Gasteiger partial charge >= 0.3 is 0 Å². The van der Waals surface area contributed by atoms with Gasteiger partial charge in [0.15, 0.2) is 0 Å². The van der Waals surface area contributed by atoms with E-state index in [0.717, 1.165) is 18.4 Å². The van der Waals surface area contributed by atoms with Crippen molar-refractivity contribution < 1.29 is 14.0 Å². The molecule has 2 aromatic carbocycles. The molecular formula is C20H20ClFN2O2. The van der Waals surface area contributed by atoms with E-state index in [2.05, 4.69) is 5.32 Å². The summed E-state index contributed by atoms with van der Waals surface area (Å²) < 4.78 is 13.0. The molecule has 2 aromatic rings. The van der Waals surface area contributed by atoms with E-state index in [0.29, 0.717) is 29.4 Å². The van der Waals surface area contributed by atoms with Crippen LogP contribution in [0.3, 0.4) is 0 Å². The van der Waals surface area contributed by atoms with Gasteiger partial charge in [-0.2, -0.15) is 0 Å². The fourth-order valence-electron chi connectivity index (χ4n) is 3.07. The van der Waals surface area contributed by atoms with Crippen molar-refractivity contribution in [3.8, 4) is 0 Å². The van der Waals surface area contributed by atoms with Gasteiger partial charge < -0.3 is 10.2 Å². The standard InChI is InChI=1S/C20H20ClFN2O2/c1-13-4-9-17(11-18(13)21)23-19(25)15-3-2-10-24(12-15)20(26)14-5-7-16(22)8-6-14/h4-9,11,15H,2-3,10,12H2,1H3,(H,23,25)/t15-/m0/s1. The summed E-state index contributed by atoms with van der Waals surface area (Å²) in [5.41, 5.74) is 2.02. The highest BCUT2D eigenvalue weighted by Gasteiger charge is 2.29. The molecule has 1 aliphatic rings. The van der Waals surface area contributed by atoms with E-state index >= 15 is 0 Å². The second-order valence-corrected chi connectivity index (χ2v) is 6.96. The fraction of sp³-hybridized carbons (Fsp3) is 0.300. The number of amides is 2. The molecule has 0 aliphatic carbocycles. The topological polar surface area (TPSA) is 49.4 Å². The average Bonchev–Trinajstić information content (AvgIpc) is 2.65. The Morgan fingerprint density at radius 3 is 2.62 bits per heavy atom. The minimum atomic E-state index is -0.380. The maximum Gasteiger partial charge on any atom is 0.253 e. The Kier molecular flexibility index (Phi) is 5.57. The first kappa shape index (κ1) is 18.4. The zero-order valence-electron chi connectivity index (χ0n) is 14.5. The monoisotopic (exact) mass is 374 g/mol. The Labute approximate surface area is 157 Å². The molecule has 0 unspecified atom stereocenters. The lowest BCUT2D eigenvalue weighted by Crippen LogP contribution is -2.43. The summed E-state index contributed by atoms with van der Waals surface area (Å²) in [5.74, 6) is -0.968. The summed E-state index contributed by atoms with van der Waals surface area (Å²) in [6.45, 7) is 2.84. The average molecular weight is 375 g/mol. The highest BCUT2D eigenvalue weighted by atomic mass is 35.5. The van der Waals surface area contributed by atoms with Gasteiger partial charge in [-0.25, -0.2) is 4.39 Å². The van der Waals surface area contributed by atoms with E-state index in [1.54, 1.807) is 11.0 Å². The molecule has 4 nitrogen and oxygen atoms in total. The van der Waals surface area contributed by atoms with Gasteiger partial charge in [-0.3, -0.25) is 9.59 Å². The molecule has 1 heterocycles. The van der Waals surface area contributed by atoms with E-state index in [4.69, 9.17) is 11.6 Å². The number of halogens is 2. The van der Waals surface area contributed by atoms with Crippen molar-refractivity contribution in [1.29, 1.82) is 0 Å². The third-order valence-corrected chi connectivity index (χ3v) is 5.02. The SMILES string of the molecule is Cc1ccc(NC(=O)[C@H]2CCCN(C(=O)c3ccc(F)cc3)C2)cc1Cl. The number of hydrogen-bond donors (Lipinski definition) is 1. The Morgan fingerprint density at radius 1 is 1.19 bits per heavy atom. The normalized spacial score (nSPS) is 17.0. The molecule has 6 heteroatoms. The molecule has 26 heavy (non-hydrogen) atoms. The van der Waals surface area contributed by atoms with Crippen molar-refractivity contribution in [1.82, 2.24) is 4.90 Å². The summed E-state index contributed by atoms with van der Waals surface area (Å²) in [4.78, 5) is 26.8. The van der Waals surface area contributed by atoms with Crippen molar-refractivity contribution in [3.05, 3.63) is 64.4 Å². The smallest absolute Gasteiger partial charge is 0.253 e. The van der Waals surface area contributed by atoms with Crippen molar-refractivity contribution in [2.45, 2.75) is 19.8 Å². The largest absolute Gasteiger partial charge is 0.338 e. The van der Waals surface area contributed by atoms with Gasteiger partial charge in [0.05, 0.1) is 5.92 Å². The van der Waals surface area contributed by atoms with E-state index in [1.807, 2.05) is 19.1 Å². The maximum absolute atomic E-state index is 13.0. The predicted octanol–water partition coefficient (Wildman–Crippen LogP) is 4.28. The molecule has 1 saturated heterocycles. The van der Waals surface area contributed by atoms with Crippen LogP contribution in [0.4, 0.5) is 10.1 Å². The zero-order chi connectivity index (χ0) is 18.7. The highest BCUT2D eigenvalue weighted by Crippen LogP contribution is 2.23. The Bertz CT molecular complexity index is 823. The number of anilines is 1. The molecule has 0 bridgehead atoms. The number of rotatable bonds is 3. The summed E-state index contributed by atoms with van der Waals surface area (Å²) in [5, 5.41) is 3.47.